The quantitative estimate of drug-likeness (QED) is 0.864. The van der Waals surface area contributed by atoms with Crippen LogP contribution in [-0.4, -0.2) is 29.0 Å². The highest BCUT2D eigenvalue weighted by molar-refractivity contribution is 8.01. The highest BCUT2D eigenvalue weighted by Gasteiger charge is 2.30. The number of rotatable bonds is 4. The Hall–Kier alpha value is -1.98. The van der Waals surface area contributed by atoms with Crippen molar-refractivity contribution in [2.75, 3.05) is 12.4 Å². The van der Waals surface area contributed by atoms with Crippen LogP contribution >= 0.6 is 23.4 Å². The number of anilines is 1. The standard InChI is InChI=1S/C19H19ClN2O2S/c1-12(13-6-5-7-14(20)10-13)22(2)18(23)11-17-19(24)21-15-8-3-4-9-16(15)25-17/h3-10,12,17H,11H2,1-2H3,(H,21,24). The molecule has 2 atom stereocenters. The molecule has 3 rings (SSSR count). The first-order valence-electron chi connectivity index (χ1n) is 8.03. The highest BCUT2D eigenvalue weighted by atomic mass is 35.5. The van der Waals surface area contributed by atoms with Gasteiger partial charge in [0.2, 0.25) is 11.8 Å². The van der Waals surface area contributed by atoms with Gasteiger partial charge in [-0.25, -0.2) is 0 Å². The Morgan fingerprint density at radius 3 is 2.80 bits per heavy atom. The summed E-state index contributed by atoms with van der Waals surface area (Å²) >= 11 is 7.48. The second kappa shape index (κ2) is 7.50. The summed E-state index contributed by atoms with van der Waals surface area (Å²) in [5.41, 5.74) is 1.77. The fraction of sp³-hybridized carbons (Fsp3) is 0.263. The van der Waals surface area contributed by atoms with Gasteiger partial charge in [0.1, 0.15) is 0 Å². The summed E-state index contributed by atoms with van der Waals surface area (Å²) in [5, 5.41) is 3.10. The number of nitrogens with zero attached hydrogens (tertiary/aromatic N) is 1. The maximum absolute atomic E-state index is 12.7. The Bertz CT molecular complexity index is 812. The van der Waals surface area contributed by atoms with E-state index in [-0.39, 0.29) is 24.3 Å². The third-order valence-corrected chi connectivity index (χ3v) is 5.88. The summed E-state index contributed by atoms with van der Waals surface area (Å²) in [7, 11) is 1.76. The van der Waals surface area contributed by atoms with Crippen molar-refractivity contribution in [3.8, 4) is 0 Å². The molecule has 2 aromatic rings. The van der Waals surface area contributed by atoms with E-state index in [0.29, 0.717) is 5.02 Å². The average Bonchev–Trinajstić information content (AvgIpc) is 2.61. The normalized spacial score (nSPS) is 17.4. The Morgan fingerprint density at radius 2 is 2.04 bits per heavy atom. The first kappa shape index (κ1) is 17.8. The third-order valence-electron chi connectivity index (χ3n) is 4.37. The van der Waals surface area contributed by atoms with Gasteiger partial charge in [0.05, 0.1) is 17.0 Å². The van der Waals surface area contributed by atoms with Crippen molar-refractivity contribution in [3.05, 3.63) is 59.1 Å². The van der Waals surface area contributed by atoms with Gasteiger partial charge in [-0.2, -0.15) is 0 Å². The molecule has 1 heterocycles. The molecule has 2 aromatic carbocycles. The molecular formula is C19H19ClN2O2S. The molecule has 2 unspecified atom stereocenters. The highest BCUT2D eigenvalue weighted by Crippen LogP contribution is 2.37. The van der Waals surface area contributed by atoms with Crippen LogP contribution < -0.4 is 5.32 Å². The van der Waals surface area contributed by atoms with E-state index in [1.165, 1.54) is 11.8 Å². The first-order valence-corrected chi connectivity index (χ1v) is 9.29. The lowest BCUT2D eigenvalue weighted by molar-refractivity contribution is -0.133. The molecule has 0 saturated heterocycles. The largest absolute Gasteiger partial charge is 0.339 e. The SMILES string of the molecule is CC(c1cccc(Cl)c1)N(C)C(=O)CC1Sc2ccccc2NC1=O. The van der Waals surface area contributed by atoms with Gasteiger partial charge in [-0.05, 0) is 36.8 Å². The van der Waals surface area contributed by atoms with E-state index in [0.717, 1.165) is 16.1 Å². The molecule has 0 aromatic heterocycles. The fourth-order valence-corrected chi connectivity index (χ4v) is 4.04. The predicted octanol–water partition coefficient (Wildman–Crippen LogP) is 4.36. The van der Waals surface area contributed by atoms with Gasteiger partial charge >= 0.3 is 0 Å². The monoisotopic (exact) mass is 374 g/mol. The zero-order valence-electron chi connectivity index (χ0n) is 14.0. The van der Waals surface area contributed by atoms with Crippen LogP contribution in [0, 0.1) is 0 Å². The van der Waals surface area contributed by atoms with Crippen molar-refractivity contribution in [2.24, 2.45) is 0 Å². The molecule has 2 amide bonds. The molecular weight excluding hydrogens is 356 g/mol. The minimum Gasteiger partial charge on any atom is -0.339 e. The lowest BCUT2D eigenvalue weighted by Crippen LogP contribution is -2.36. The van der Waals surface area contributed by atoms with Gasteiger partial charge in [0.15, 0.2) is 0 Å². The van der Waals surface area contributed by atoms with Crippen molar-refractivity contribution in [3.63, 3.8) is 0 Å². The molecule has 25 heavy (non-hydrogen) atoms. The second-order valence-corrected chi connectivity index (χ2v) is 7.71. The van der Waals surface area contributed by atoms with Crippen molar-refractivity contribution < 1.29 is 9.59 Å². The molecule has 0 radical (unpaired) electrons. The molecule has 0 fully saturated rings. The number of carbonyl (C=O) groups is 2. The van der Waals surface area contributed by atoms with Crippen LogP contribution in [0.5, 0.6) is 0 Å². The lowest BCUT2D eigenvalue weighted by Gasteiger charge is -2.29. The van der Waals surface area contributed by atoms with E-state index >= 15 is 0 Å². The minimum atomic E-state index is -0.420. The maximum atomic E-state index is 12.7. The summed E-state index contributed by atoms with van der Waals surface area (Å²) in [6.45, 7) is 1.95. The topological polar surface area (TPSA) is 49.4 Å². The van der Waals surface area contributed by atoms with Crippen LogP contribution in [0.3, 0.4) is 0 Å². The number of halogens is 1. The molecule has 1 N–H and O–H groups in total. The van der Waals surface area contributed by atoms with Crippen molar-refractivity contribution >= 4 is 40.9 Å². The number of thioether (sulfide) groups is 1. The number of para-hydroxylation sites is 1. The van der Waals surface area contributed by atoms with Crippen molar-refractivity contribution in [1.82, 2.24) is 4.90 Å². The van der Waals surface area contributed by atoms with Crippen LogP contribution in [0.2, 0.25) is 5.02 Å². The van der Waals surface area contributed by atoms with Gasteiger partial charge in [0, 0.05) is 23.4 Å². The molecule has 1 aliphatic rings. The number of nitrogens with one attached hydrogen (secondary N) is 1. The summed E-state index contributed by atoms with van der Waals surface area (Å²) in [5.74, 6) is -0.194. The van der Waals surface area contributed by atoms with E-state index in [1.807, 2.05) is 49.4 Å². The van der Waals surface area contributed by atoms with Gasteiger partial charge in [-0.3, -0.25) is 9.59 Å². The number of hydrogen-bond donors (Lipinski definition) is 1. The molecule has 6 heteroatoms. The Balaban J connectivity index is 1.68. The van der Waals surface area contributed by atoms with E-state index < -0.39 is 5.25 Å². The number of carbonyl (C=O) groups excluding carboxylic acids is 2. The van der Waals surface area contributed by atoms with E-state index in [2.05, 4.69) is 5.32 Å². The Labute approximate surface area is 156 Å². The zero-order valence-corrected chi connectivity index (χ0v) is 15.6. The van der Waals surface area contributed by atoms with Gasteiger partial charge in [-0.15, -0.1) is 11.8 Å². The van der Waals surface area contributed by atoms with Crippen molar-refractivity contribution in [2.45, 2.75) is 29.5 Å². The van der Waals surface area contributed by atoms with Gasteiger partial charge in [0.25, 0.3) is 0 Å². The first-order chi connectivity index (χ1) is 12.0. The lowest BCUT2D eigenvalue weighted by atomic mass is 10.1. The second-order valence-electron chi connectivity index (χ2n) is 6.03. The summed E-state index contributed by atoms with van der Waals surface area (Å²) in [6, 6.07) is 15.0. The minimum absolute atomic E-state index is 0.0699. The maximum Gasteiger partial charge on any atom is 0.238 e. The Kier molecular flexibility index (Phi) is 5.35. The average molecular weight is 375 g/mol. The molecule has 1 aliphatic heterocycles. The van der Waals surface area contributed by atoms with Crippen LogP contribution in [0.4, 0.5) is 5.69 Å². The van der Waals surface area contributed by atoms with Crippen LogP contribution in [-0.2, 0) is 9.59 Å². The number of amides is 2. The molecule has 0 saturated carbocycles. The fourth-order valence-electron chi connectivity index (χ4n) is 2.74. The van der Waals surface area contributed by atoms with Crippen LogP contribution in [0.15, 0.2) is 53.4 Å². The summed E-state index contributed by atoms with van der Waals surface area (Å²) < 4.78 is 0. The predicted molar refractivity (Wildman–Crippen MR) is 102 cm³/mol. The van der Waals surface area contributed by atoms with Crippen molar-refractivity contribution in [1.29, 1.82) is 0 Å². The molecule has 4 nitrogen and oxygen atoms in total. The summed E-state index contributed by atoms with van der Waals surface area (Å²) in [4.78, 5) is 27.6. The van der Waals surface area contributed by atoms with Gasteiger partial charge in [-0.1, -0.05) is 35.9 Å². The Morgan fingerprint density at radius 1 is 1.28 bits per heavy atom. The van der Waals surface area contributed by atoms with Gasteiger partial charge < -0.3 is 10.2 Å². The molecule has 0 spiro atoms. The molecule has 0 aliphatic carbocycles. The van der Waals surface area contributed by atoms with Crippen LogP contribution in [0.1, 0.15) is 24.9 Å². The van der Waals surface area contributed by atoms with Crippen LogP contribution in [0.25, 0.3) is 0 Å². The smallest absolute Gasteiger partial charge is 0.238 e. The summed E-state index contributed by atoms with van der Waals surface area (Å²) in [6.07, 6.45) is 0.159. The number of fused-ring (bicyclic) bond motifs is 1. The van der Waals surface area contributed by atoms with E-state index in [1.54, 1.807) is 18.0 Å². The zero-order chi connectivity index (χ0) is 18.0. The van der Waals surface area contributed by atoms with E-state index in [4.69, 9.17) is 11.6 Å². The number of benzene rings is 2. The molecule has 130 valence electrons. The third kappa shape index (κ3) is 3.99. The number of hydrogen-bond acceptors (Lipinski definition) is 3. The van der Waals surface area contributed by atoms with E-state index in [9.17, 15) is 9.59 Å². The molecule has 0 bridgehead atoms.